The van der Waals surface area contributed by atoms with Crippen LogP contribution in [-0.2, 0) is 10.0 Å². The van der Waals surface area contributed by atoms with Gasteiger partial charge in [-0.2, -0.15) is 0 Å². The van der Waals surface area contributed by atoms with Crippen LogP contribution < -0.4 is 10.5 Å². The molecule has 0 aliphatic carbocycles. The fraction of sp³-hybridized carbons (Fsp3) is 0.444. The summed E-state index contributed by atoms with van der Waals surface area (Å²) in [4.78, 5) is 3.99. The second-order valence-corrected chi connectivity index (χ2v) is 5.43. The molecule has 0 saturated carbocycles. The van der Waals surface area contributed by atoms with Gasteiger partial charge in [0.25, 0.3) is 0 Å². The number of nitrogens with zero attached hydrogens (tertiary/aromatic N) is 1. The molecule has 15 heavy (non-hydrogen) atoms. The Morgan fingerprint density at radius 2 is 2.27 bits per heavy atom. The summed E-state index contributed by atoms with van der Waals surface area (Å²) in [5.74, 6) is 0. The average molecular weight is 229 g/mol. The summed E-state index contributed by atoms with van der Waals surface area (Å²) >= 11 is 0. The van der Waals surface area contributed by atoms with Gasteiger partial charge < -0.3 is 5.73 Å². The highest BCUT2D eigenvalue weighted by Gasteiger charge is 2.19. The molecule has 1 unspecified atom stereocenters. The summed E-state index contributed by atoms with van der Waals surface area (Å²) in [6.45, 7) is 3.40. The lowest BCUT2D eigenvalue weighted by Crippen LogP contribution is -2.31. The summed E-state index contributed by atoms with van der Waals surface area (Å²) in [5, 5.41) is -0.614. The molecule has 6 heteroatoms. The van der Waals surface area contributed by atoms with Crippen LogP contribution in [0.15, 0.2) is 18.3 Å². The summed E-state index contributed by atoms with van der Waals surface area (Å²) in [5.41, 5.74) is 6.46. The number of nitrogens with two attached hydrogens (primary N) is 1. The number of pyridine rings is 1. The highest BCUT2D eigenvalue weighted by molar-refractivity contribution is 7.93. The van der Waals surface area contributed by atoms with Crippen molar-refractivity contribution in [3.63, 3.8) is 0 Å². The Bertz CT molecular complexity index is 431. The van der Waals surface area contributed by atoms with Crippen LogP contribution >= 0.6 is 0 Å². The van der Waals surface area contributed by atoms with Crippen molar-refractivity contribution in [2.45, 2.75) is 19.1 Å². The lowest BCUT2D eigenvalue weighted by molar-refractivity contribution is 0.589. The highest BCUT2D eigenvalue weighted by atomic mass is 32.2. The Hall–Kier alpha value is -1.14. The topological polar surface area (TPSA) is 85.1 Å². The van der Waals surface area contributed by atoms with E-state index in [1.165, 1.54) is 0 Å². The molecule has 84 valence electrons. The van der Waals surface area contributed by atoms with E-state index in [-0.39, 0.29) is 6.54 Å². The van der Waals surface area contributed by atoms with Gasteiger partial charge >= 0.3 is 0 Å². The van der Waals surface area contributed by atoms with Crippen molar-refractivity contribution >= 4 is 15.7 Å². The van der Waals surface area contributed by atoms with E-state index in [0.717, 1.165) is 0 Å². The SMILES string of the molecule is Cc1ncccc1NS(=O)(=O)C(C)CN. The quantitative estimate of drug-likeness (QED) is 0.786. The van der Waals surface area contributed by atoms with E-state index >= 15 is 0 Å². The molecule has 0 aliphatic heterocycles. The van der Waals surface area contributed by atoms with Gasteiger partial charge in [-0.25, -0.2) is 8.42 Å². The van der Waals surface area contributed by atoms with Gasteiger partial charge in [0.05, 0.1) is 16.6 Å². The Balaban J connectivity index is 2.92. The van der Waals surface area contributed by atoms with E-state index in [1.54, 1.807) is 32.2 Å². The smallest absolute Gasteiger partial charge is 0.236 e. The molecule has 0 aliphatic rings. The van der Waals surface area contributed by atoms with Crippen LogP contribution in [0.25, 0.3) is 0 Å². The first-order valence-electron chi connectivity index (χ1n) is 4.60. The van der Waals surface area contributed by atoms with Crippen molar-refractivity contribution in [2.75, 3.05) is 11.3 Å². The van der Waals surface area contributed by atoms with Crippen LogP contribution in [-0.4, -0.2) is 25.2 Å². The van der Waals surface area contributed by atoms with Gasteiger partial charge in [0.2, 0.25) is 10.0 Å². The Morgan fingerprint density at radius 1 is 1.60 bits per heavy atom. The number of hydrogen-bond acceptors (Lipinski definition) is 4. The lowest BCUT2D eigenvalue weighted by Gasteiger charge is -2.13. The van der Waals surface area contributed by atoms with E-state index in [4.69, 9.17) is 5.73 Å². The number of rotatable bonds is 4. The van der Waals surface area contributed by atoms with Crippen molar-refractivity contribution in [3.8, 4) is 0 Å². The van der Waals surface area contributed by atoms with Crippen LogP contribution in [0.3, 0.4) is 0 Å². The largest absolute Gasteiger partial charge is 0.329 e. The molecule has 5 nitrogen and oxygen atoms in total. The Kier molecular flexibility index (Phi) is 3.65. The molecule has 1 rings (SSSR count). The summed E-state index contributed by atoms with van der Waals surface area (Å²) in [6.07, 6.45) is 1.61. The van der Waals surface area contributed by atoms with E-state index in [0.29, 0.717) is 11.4 Å². The monoisotopic (exact) mass is 229 g/mol. The zero-order chi connectivity index (χ0) is 11.5. The molecule has 1 aromatic rings. The van der Waals surface area contributed by atoms with Crippen LogP contribution in [0, 0.1) is 6.92 Å². The molecule has 0 saturated heterocycles. The van der Waals surface area contributed by atoms with Gasteiger partial charge in [-0.3, -0.25) is 9.71 Å². The van der Waals surface area contributed by atoms with E-state index in [9.17, 15) is 8.42 Å². The normalized spacial score (nSPS) is 13.5. The minimum atomic E-state index is -3.40. The lowest BCUT2D eigenvalue weighted by atomic mass is 10.3. The number of nitrogens with one attached hydrogen (secondary N) is 1. The number of aryl methyl sites for hydroxylation is 1. The third-order valence-corrected chi connectivity index (χ3v) is 3.88. The molecular weight excluding hydrogens is 214 g/mol. The zero-order valence-corrected chi connectivity index (χ0v) is 9.58. The van der Waals surface area contributed by atoms with Crippen molar-refractivity contribution in [1.29, 1.82) is 0 Å². The average Bonchev–Trinajstić information content (AvgIpc) is 2.20. The van der Waals surface area contributed by atoms with Gasteiger partial charge in [-0.05, 0) is 26.0 Å². The first kappa shape index (κ1) is 11.9. The van der Waals surface area contributed by atoms with E-state index in [1.807, 2.05) is 0 Å². The maximum atomic E-state index is 11.7. The first-order chi connectivity index (χ1) is 6.97. The van der Waals surface area contributed by atoms with Crippen molar-refractivity contribution < 1.29 is 8.42 Å². The summed E-state index contributed by atoms with van der Waals surface area (Å²) in [7, 11) is -3.40. The number of anilines is 1. The molecule has 0 amide bonds. The summed E-state index contributed by atoms with van der Waals surface area (Å²) in [6, 6.07) is 3.35. The van der Waals surface area contributed by atoms with Crippen LogP contribution in [0.4, 0.5) is 5.69 Å². The molecule has 0 fully saturated rings. The van der Waals surface area contributed by atoms with Crippen LogP contribution in [0.2, 0.25) is 0 Å². The van der Waals surface area contributed by atoms with Gasteiger partial charge in [-0.1, -0.05) is 0 Å². The first-order valence-corrected chi connectivity index (χ1v) is 6.15. The second kappa shape index (κ2) is 4.59. The fourth-order valence-corrected chi connectivity index (χ4v) is 1.95. The van der Waals surface area contributed by atoms with Crippen LogP contribution in [0.5, 0.6) is 0 Å². The van der Waals surface area contributed by atoms with Gasteiger partial charge in [0, 0.05) is 12.7 Å². The van der Waals surface area contributed by atoms with E-state index < -0.39 is 15.3 Å². The number of hydrogen-bond donors (Lipinski definition) is 2. The molecule has 0 aromatic carbocycles. The molecule has 0 radical (unpaired) electrons. The second-order valence-electron chi connectivity index (χ2n) is 3.33. The van der Waals surface area contributed by atoms with E-state index in [2.05, 4.69) is 9.71 Å². The third-order valence-electron chi connectivity index (χ3n) is 2.12. The summed E-state index contributed by atoms with van der Waals surface area (Å²) < 4.78 is 25.8. The maximum absolute atomic E-state index is 11.7. The number of sulfonamides is 1. The van der Waals surface area contributed by atoms with Crippen molar-refractivity contribution in [3.05, 3.63) is 24.0 Å². The molecule has 1 aromatic heterocycles. The molecule has 0 bridgehead atoms. The zero-order valence-electron chi connectivity index (χ0n) is 8.77. The van der Waals surface area contributed by atoms with Gasteiger partial charge in [-0.15, -0.1) is 0 Å². The predicted molar refractivity (Wildman–Crippen MR) is 60.0 cm³/mol. The minimum Gasteiger partial charge on any atom is -0.329 e. The Morgan fingerprint density at radius 3 is 2.80 bits per heavy atom. The predicted octanol–water partition coefficient (Wildman–Crippen LogP) is 0.479. The van der Waals surface area contributed by atoms with Crippen molar-refractivity contribution in [1.82, 2.24) is 4.98 Å². The molecule has 1 heterocycles. The fourth-order valence-electron chi connectivity index (χ4n) is 0.973. The number of aromatic nitrogens is 1. The maximum Gasteiger partial charge on any atom is 0.236 e. The van der Waals surface area contributed by atoms with Crippen LogP contribution in [0.1, 0.15) is 12.6 Å². The van der Waals surface area contributed by atoms with Gasteiger partial charge in [0.15, 0.2) is 0 Å². The standard InChI is InChI=1S/C9H15N3O2S/c1-7(6-10)15(13,14)12-9-4-3-5-11-8(9)2/h3-5,7,12H,6,10H2,1-2H3. The molecule has 1 atom stereocenters. The highest BCUT2D eigenvalue weighted by Crippen LogP contribution is 2.14. The van der Waals surface area contributed by atoms with Gasteiger partial charge in [0.1, 0.15) is 0 Å². The third kappa shape index (κ3) is 2.90. The minimum absolute atomic E-state index is 0.0919. The Labute approximate surface area is 89.8 Å². The molecule has 0 spiro atoms. The molecular formula is C9H15N3O2S. The van der Waals surface area contributed by atoms with Crippen molar-refractivity contribution in [2.24, 2.45) is 5.73 Å². The molecule has 3 N–H and O–H groups in total.